The molecule has 112 valence electrons. The Morgan fingerprint density at radius 1 is 1.00 bits per heavy atom. The van der Waals surface area contributed by atoms with Crippen molar-refractivity contribution < 1.29 is 4.74 Å². The van der Waals surface area contributed by atoms with Crippen LogP contribution < -0.4 is 9.64 Å². The Balaban J connectivity index is 2.12. The molecule has 0 N–H and O–H groups in total. The summed E-state index contributed by atoms with van der Waals surface area (Å²) in [6.07, 6.45) is 0. The number of methoxy groups -OCH3 is 1. The molecule has 0 aliphatic rings. The maximum atomic E-state index is 6.16. The second kappa shape index (κ2) is 5.81. The van der Waals surface area contributed by atoms with Gasteiger partial charge >= 0.3 is 0 Å². The zero-order valence-corrected chi connectivity index (χ0v) is 13.4. The highest BCUT2D eigenvalue weighted by Crippen LogP contribution is 2.32. The SMILES string of the molecule is COc1ccc(N(C)c2nnc(Cl)c3ccc(C)cc23)cc1. The summed E-state index contributed by atoms with van der Waals surface area (Å²) in [5, 5.41) is 10.6. The van der Waals surface area contributed by atoms with Gasteiger partial charge in [-0.1, -0.05) is 29.3 Å². The second-order valence-electron chi connectivity index (χ2n) is 5.12. The van der Waals surface area contributed by atoms with Crippen molar-refractivity contribution in [3.8, 4) is 5.75 Å². The first-order valence-electron chi connectivity index (χ1n) is 6.90. The van der Waals surface area contributed by atoms with Crippen LogP contribution in [-0.2, 0) is 0 Å². The van der Waals surface area contributed by atoms with E-state index in [-0.39, 0.29) is 0 Å². The van der Waals surface area contributed by atoms with Crippen LogP contribution >= 0.6 is 11.6 Å². The van der Waals surface area contributed by atoms with Crippen LogP contribution in [0.1, 0.15) is 5.56 Å². The Morgan fingerprint density at radius 2 is 1.73 bits per heavy atom. The minimum Gasteiger partial charge on any atom is -0.497 e. The van der Waals surface area contributed by atoms with Crippen molar-refractivity contribution in [2.75, 3.05) is 19.1 Å². The van der Waals surface area contributed by atoms with E-state index >= 15 is 0 Å². The number of fused-ring (bicyclic) bond motifs is 1. The number of nitrogens with zero attached hydrogens (tertiary/aromatic N) is 3. The number of hydrogen-bond acceptors (Lipinski definition) is 4. The summed E-state index contributed by atoms with van der Waals surface area (Å²) in [5.74, 6) is 1.59. The molecule has 1 aromatic heterocycles. The number of rotatable bonds is 3. The van der Waals surface area contributed by atoms with E-state index in [1.54, 1.807) is 7.11 Å². The minimum atomic E-state index is 0.418. The fourth-order valence-corrected chi connectivity index (χ4v) is 2.60. The lowest BCUT2D eigenvalue weighted by Crippen LogP contribution is -2.12. The van der Waals surface area contributed by atoms with Crippen molar-refractivity contribution in [1.29, 1.82) is 0 Å². The maximum Gasteiger partial charge on any atom is 0.163 e. The molecule has 3 rings (SSSR count). The number of anilines is 2. The van der Waals surface area contributed by atoms with Gasteiger partial charge < -0.3 is 9.64 Å². The lowest BCUT2D eigenvalue weighted by molar-refractivity contribution is 0.415. The summed E-state index contributed by atoms with van der Waals surface area (Å²) in [6.45, 7) is 2.05. The Labute approximate surface area is 134 Å². The second-order valence-corrected chi connectivity index (χ2v) is 5.48. The third-order valence-electron chi connectivity index (χ3n) is 3.65. The average Bonchev–Trinajstić information content (AvgIpc) is 2.54. The van der Waals surface area contributed by atoms with Crippen LogP contribution in [-0.4, -0.2) is 24.4 Å². The minimum absolute atomic E-state index is 0.418. The lowest BCUT2D eigenvalue weighted by Gasteiger charge is -2.20. The van der Waals surface area contributed by atoms with E-state index in [9.17, 15) is 0 Å². The van der Waals surface area contributed by atoms with Gasteiger partial charge in [-0.3, -0.25) is 0 Å². The van der Waals surface area contributed by atoms with Crippen LogP contribution in [0.15, 0.2) is 42.5 Å². The fourth-order valence-electron chi connectivity index (χ4n) is 2.40. The van der Waals surface area contributed by atoms with Crippen LogP contribution in [0.5, 0.6) is 5.75 Å². The topological polar surface area (TPSA) is 38.2 Å². The van der Waals surface area contributed by atoms with Crippen molar-refractivity contribution in [3.63, 3.8) is 0 Å². The van der Waals surface area contributed by atoms with Gasteiger partial charge in [0, 0.05) is 23.5 Å². The zero-order chi connectivity index (χ0) is 15.7. The highest BCUT2D eigenvalue weighted by molar-refractivity contribution is 6.34. The molecule has 0 amide bonds. The molecular weight excluding hydrogens is 298 g/mol. The summed E-state index contributed by atoms with van der Waals surface area (Å²) in [4.78, 5) is 1.99. The maximum absolute atomic E-state index is 6.16. The number of ether oxygens (including phenoxy) is 1. The van der Waals surface area contributed by atoms with Gasteiger partial charge in [0.1, 0.15) is 5.75 Å². The van der Waals surface area contributed by atoms with Crippen molar-refractivity contribution in [2.45, 2.75) is 6.92 Å². The molecule has 0 bridgehead atoms. The van der Waals surface area contributed by atoms with E-state index in [0.717, 1.165) is 33.6 Å². The Bertz CT molecular complexity index is 818. The summed E-state index contributed by atoms with van der Waals surface area (Å²) >= 11 is 6.16. The van der Waals surface area contributed by atoms with Gasteiger partial charge in [-0.15, -0.1) is 10.2 Å². The number of benzene rings is 2. The molecule has 0 atom stereocenters. The smallest absolute Gasteiger partial charge is 0.163 e. The summed E-state index contributed by atoms with van der Waals surface area (Å²) in [5.41, 5.74) is 2.15. The number of aryl methyl sites for hydroxylation is 1. The predicted molar refractivity (Wildman–Crippen MR) is 90.3 cm³/mol. The summed E-state index contributed by atoms with van der Waals surface area (Å²) in [7, 11) is 3.61. The average molecular weight is 314 g/mol. The molecule has 0 unspecified atom stereocenters. The Morgan fingerprint density at radius 3 is 2.41 bits per heavy atom. The third-order valence-corrected chi connectivity index (χ3v) is 3.93. The molecule has 5 heteroatoms. The van der Waals surface area contributed by atoms with Crippen molar-refractivity contribution >= 4 is 33.9 Å². The van der Waals surface area contributed by atoms with Gasteiger partial charge in [0.25, 0.3) is 0 Å². The molecule has 0 saturated heterocycles. The first-order valence-corrected chi connectivity index (χ1v) is 7.28. The molecule has 0 aliphatic heterocycles. The molecule has 0 fully saturated rings. The molecule has 0 radical (unpaired) electrons. The summed E-state index contributed by atoms with van der Waals surface area (Å²) in [6, 6.07) is 13.9. The quantitative estimate of drug-likeness (QED) is 0.719. The van der Waals surface area contributed by atoms with Crippen molar-refractivity contribution in [2.24, 2.45) is 0 Å². The first-order chi connectivity index (χ1) is 10.6. The molecule has 2 aromatic carbocycles. The molecule has 0 saturated carbocycles. The monoisotopic (exact) mass is 313 g/mol. The Kier molecular flexibility index (Phi) is 3.86. The van der Waals surface area contributed by atoms with E-state index in [2.05, 4.69) is 16.3 Å². The van der Waals surface area contributed by atoms with Gasteiger partial charge in [0.15, 0.2) is 11.0 Å². The summed E-state index contributed by atoms with van der Waals surface area (Å²) < 4.78 is 5.19. The third kappa shape index (κ3) is 2.57. The highest BCUT2D eigenvalue weighted by atomic mass is 35.5. The van der Waals surface area contributed by atoms with Crippen LogP contribution in [0.2, 0.25) is 5.15 Å². The normalized spacial score (nSPS) is 10.7. The number of hydrogen-bond donors (Lipinski definition) is 0. The van der Waals surface area contributed by atoms with E-state index in [0.29, 0.717) is 5.15 Å². The van der Waals surface area contributed by atoms with Crippen LogP contribution in [0.4, 0.5) is 11.5 Å². The lowest BCUT2D eigenvalue weighted by atomic mass is 10.1. The predicted octanol–water partition coefficient (Wildman–Crippen LogP) is 4.37. The van der Waals surface area contributed by atoms with E-state index in [4.69, 9.17) is 16.3 Å². The molecular formula is C17H16ClN3O. The molecule has 4 nitrogen and oxygen atoms in total. The van der Waals surface area contributed by atoms with Crippen LogP contribution in [0, 0.1) is 6.92 Å². The number of aromatic nitrogens is 2. The van der Waals surface area contributed by atoms with Gasteiger partial charge in [-0.05, 0) is 37.3 Å². The fraction of sp³-hybridized carbons (Fsp3) is 0.176. The zero-order valence-electron chi connectivity index (χ0n) is 12.7. The van der Waals surface area contributed by atoms with E-state index < -0.39 is 0 Å². The number of halogens is 1. The van der Waals surface area contributed by atoms with Gasteiger partial charge in [-0.25, -0.2) is 0 Å². The van der Waals surface area contributed by atoms with Crippen LogP contribution in [0.25, 0.3) is 10.8 Å². The standard InChI is InChI=1S/C17H16ClN3O/c1-11-4-9-14-15(10-11)17(20-19-16(14)18)21(2)12-5-7-13(22-3)8-6-12/h4-10H,1-3H3. The van der Waals surface area contributed by atoms with Gasteiger partial charge in [0.2, 0.25) is 0 Å². The molecule has 3 aromatic rings. The molecule has 1 heterocycles. The van der Waals surface area contributed by atoms with Crippen molar-refractivity contribution in [3.05, 3.63) is 53.2 Å². The van der Waals surface area contributed by atoms with E-state index in [1.165, 1.54) is 0 Å². The van der Waals surface area contributed by atoms with Gasteiger partial charge in [0.05, 0.1) is 7.11 Å². The molecule has 0 spiro atoms. The molecule has 22 heavy (non-hydrogen) atoms. The first kappa shape index (κ1) is 14.6. The largest absolute Gasteiger partial charge is 0.497 e. The Hall–Kier alpha value is -2.33. The van der Waals surface area contributed by atoms with Crippen LogP contribution in [0.3, 0.4) is 0 Å². The van der Waals surface area contributed by atoms with E-state index in [1.807, 2.05) is 55.3 Å². The van der Waals surface area contributed by atoms with Gasteiger partial charge in [-0.2, -0.15) is 0 Å². The highest BCUT2D eigenvalue weighted by Gasteiger charge is 2.13. The van der Waals surface area contributed by atoms with Crippen molar-refractivity contribution in [1.82, 2.24) is 10.2 Å². The molecule has 0 aliphatic carbocycles.